The first-order valence-corrected chi connectivity index (χ1v) is 6.91. The highest BCUT2D eigenvalue weighted by Crippen LogP contribution is 2.23. The molecule has 2 aromatic carbocycles. The highest BCUT2D eigenvalue weighted by Gasteiger charge is 2.02. The first-order chi connectivity index (χ1) is 9.33. The lowest BCUT2D eigenvalue weighted by Gasteiger charge is -2.05. The third-order valence-electron chi connectivity index (χ3n) is 2.96. The van der Waals surface area contributed by atoms with Crippen molar-refractivity contribution in [2.75, 3.05) is 0 Å². The minimum absolute atomic E-state index is 0.994. The van der Waals surface area contributed by atoms with Gasteiger partial charge in [0.1, 0.15) is 0 Å². The number of benzene rings is 2. The van der Waals surface area contributed by atoms with Crippen LogP contribution >= 0.6 is 15.9 Å². The molecule has 3 aromatic rings. The number of hydrogen-bond donors (Lipinski definition) is 0. The lowest BCUT2D eigenvalue weighted by Crippen LogP contribution is -1.87. The molecule has 0 amide bonds. The number of nitrogens with zero attached hydrogens (tertiary/aromatic N) is 1. The van der Waals surface area contributed by atoms with Crippen LogP contribution in [0.3, 0.4) is 0 Å². The summed E-state index contributed by atoms with van der Waals surface area (Å²) in [5, 5.41) is 0. The Morgan fingerprint density at radius 3 is 1.79 bits per heavy atom. The monoisotopic (exact) mass is 309 g/mol. The second kappa shape index (κ2) is 5.37. The molecule has 0 unspecified atom stereocenters. The normalized spacial score (nSPS) is 10.4. The Balaban J connectivity index is 2.03. The summed E-state index contributed by atoms with van der Waals surface area (Å²) < 4.78 is 1.08. The first-order valence-electron chi connectivity index (χ1n) is 6.11. The molecule has 0 aliphatic rings. The topological polar surface area (TPSA) is 12.9 Å². The predicted molar refractivity (Wildman–Crippen MR) is 82.8 cm³/mol. The van der Waals surface area contributed by atoms with Gasteiger partial charge in [-0.15, -0.1) is 0 Å². The van der Waals surface area contributed by atoms with Gasteiger partial charge >= 0.3 is 0 Å². The van der Waals surface area contributed by atoms with Crippen molar-refractivity contribution in [2.24, 2.45) is 0 Å². The smallest absolute Gasteiger partial charge is 0.0709 e. The van der Waals surface area contributed by atoms with Gasteiger partial charge in [0.2, 0.25) is 0 Å². The van der Waals surface area contributed by atoms with Gasteiger partial charge in [-0.3, -0.25) is 0 Å². The average Bonchev–Trinajstić information content (AvgIpc) is 2.49. The molecule has 1 nitrogen and oxygen atoms in total. The fourth-order valence-corrected chi connectivity index (χ4v) is 2.25. The van der Waals surface area contributed by atoms with Crippen molar-refractivity contribution in [3.8, 4) is 22.5 Å². The molecule has 0 bridgehead atoms. The Hall–Kier alpha value is -1.93. The first kappa shape index (κ1) is 12.1. The van der Waals surface area contributed by atoms with E-state index in [2.05, 4.69) is 40.2 Å². The molecule has 0 spiro atoms. The zero-order chi connectivity index (χ0) is 13.1. The van der Waals surface area contributed by atoms with Crippen molar-refractivity contribution in [3.63, 3.8) is 0 Å². The van der Waals surface area contributed by atoms with Gasteiger partial charge in [0.25, 0.3) is 0 Å². The van der Waals surface area contributed by atoms with Crippen LogP contribution in [-0.4, -0.2) is 4.98 Å². The summed E-state index contributed by atoms with van der Waals surface area (Å²) >= 11 is 3.45. The molecular weight excluding hydrogens is 298 g/mol. The van der Waals surface area contributed by atoms with E-state index in [1.807, 2.05) is 48.5 Å². The molecule has 0 saturated heterocycles. The van der Waals surface area contributed by atoms with E-state index in [0.29, 0.717) is 0 Å². The highest BCUT2D eigenvalue weighted by molar-refractivity contribution is 9.10. The van der Waals surface area contributed by atoms with E-state index in [4.69, 9.17) is 4.98 Å². The van der Waals surface area contributed by atoms with E-state index < -0.39 is 0 Å². The maximum Gasteiger partial charge on any atom is 0.0709 e. The van der Waals surface area contributed by atoms with Gasteiger partial charge in [-0.1, -0.05) is 64.5 Å². The number of hydrogen-bond acceptors (Lipinski definition) is 1. The van der Waals surface area contributed by atoms with E-state index >= 15 is 0 Å². The zero-order valence-corrected chi connectivity index (χ0v) is 11.8. The lowest BCUT2D eigenvalue weighted by atomic mass is 10.1. The van der Waals surface area contributed by atoms with E-state index in [9.17, 15) is 0 Å². The second-order valence-corrected chi connectivity index (χ2v) is 5.20. The van der Waals surface area contributed by atoms with Gasteiger partial charge in [0, 0.05) is 15.6 Å². The van der Waals surface area contributed by atoms with Crippen LogP contribution in [0.25, 0.3) is 22.5 Å². The van der Waals surface area contributed by atoms with E-state index in [-0.39, 0.29) is 0 Å². The maximum absolute atomic E-state index is 4.73. The molecule has 0 N–H and O–H groups in total. The lowest BCUT2D eigenvalue weighted by molar-refractivity contribution is 1.32. The van der Waals surface area contributed by atoms with Gasteiger partial charge in [0.05, 0.1) is 11.4 Å². The van der Waals surface area contributed by atoms with Crippen LogP contribution < -0.4 is 0 Å². The standard InChI is InChI=1S/C17H12BrN/c18-15-11-9-14(10-12-15)17-8-4-7-16(19-17)13-5-2-1-3-6-13/h1-12H. The van der Waals surface area contributed by atoms with Gasteiger partial charge in [-0.2, -0.15) is 0 Å². The molecule has 0 fully saturated rings. The minimum Gasteiger partial charge on any atom is -0.248 e. The molecule has 3 rings (SSSR count). The van der Waals surface area contributed by atoms with E-state index in [1.54, 1.807) is 0 Å². The Labute approximate surface area is 121 Å². The van der Waals surface area contributed by atoms with Crippen molar-refractivity contribution >= 4 is 15.9 Å². The van der Waals surface area contributed by atoms with E-state index in [1.165, 1.54) is 0 Å². The molecule has 2 heteroatoms. The van der Waals surface area contributed by atoms with Gasteiger partial charge in [-0.05, 0) is 24.3 Å². The van der Waals surface area contributed by atoms with Crippen molar-refractivity contribution in [3.05, 3.63) is 77.3 Å². The fourth-order valence-electron chi connectivity index (χ4n) is 1.99. The molecule has 1 heterocycles. The molecule has 19 heavy (non-hydrogen) atoms. The Morgan fingerprint density at radius 1 is 0.579 bits per heavy atom. The van der Waals surface area contributed by atoms with Crippen molar-refractivity contribution in [2.45, 2.75) is 0 Å². The summed E-state index contributed by atoms with van der Waals surface area (Å²) in [4.78, 5) is 4.73. The molecule has 0 aliphatic heterocycles. The summed E-state index contributed by atoms with van der Waals surface area (Å²) in [6.45, 7) is 0. The van der Waals surface area contributed by atoms with E-state index in [0.717, 1.165) is 27.0 Å². The minimum atomic E-state index is 0.994. The Morgan fingerprint density at radius 2 is 1.16 bits per heavy atom. The third kappa shape index (κ3) is 2.74. The molecule has 0 saturated carbocycles. The fraction of sp³-hybridized carbons (Fsp3) is 0. The SMILES string of the molecule is Brc1ccc(-c2cccc(-c3ccccc3)n2)cc1. The quantitative estimate of drug-likeness (QED) is 0.635. The van der Waals surface area contributed by atoms with Gasteiger partial charge in [-0.25, -0.2) is 4.98 Å². The second-order valence-electron chi connectivity index (χ2n) is 4.28. The number of aromatic nitrogens is 1. The van der Waals surface area contributed by atoms with Crippen LogP contribution in [0.2, 0.25) is 0 Å². The molecule has 92 valence electrons. The van der Waals surface area contributed by atoms with Crippen LogP contribution in [0.5, 0.6) is 0 Å². The predicted octanol–water partition coefficient (Wildman–Crippen LogP) is 5.18. The van der Waals surface area contributed by atoms with Crippen LogP contribution in [-0.2, 0) is 0 Å². The summed E-state index contributed by atoms with van der Waals surface area (Å²) in [6, 6.07) is 24.6. The summed E-state index contributed by atoms with van der Waals surface area (Å²) in [5.41, 5.74) is 4.26. The van der Waals surface area contributed by atoms with Crippen LogP contribution in [0.1, 0.15) is 0 Å². The van der Waals surface area contributed by atoms with Crippen LogP contribution in [0, 0.1) is 0 Å². The summed E-state index contributed by atoms with van der Waals surface area (Å²) in [6.07, 6.45) is 0. The van der Waals surface area contributed by atoms with Gasteiger partial charge < -0.3 is 0 Å². The number of halogens is 1. The largest absolute Gasteiger partial charge is 0.248 e. The molecule has 0 aliphatic carbocycles. The van der Waals surface area contributed by atoms with Crippen molar-refractivity contribution in [1.82, 2.24) is 4.98 Å². The van der Waals surface area contributed by atoms with Crippen LogP contribution in [0.4, 0.5) is 0 Å². The summed E-state index contributed by atoms with van der Waals surface area (Å²) in [5.74, 6) is 0. The molecular formula is C17H12BrN. The average molecular weight is 310 g/mol. The number of rotatable bonds is 2. The highest BCUT2D eigenvalue weighted by atomic mass is 79.9. The van der Waals surface area contributed by atoms with Crippen molar-refractivity contribution in [1.29, 1.82) is 0 Å². The number of pyridine rings is 1. The molecule has 0 atom stereocenters. The Bertz CT molecular complexity index is 675. The Kier molecular flexibility index (Phi) is 3.43. The van der Waals surface area contributed by atoms with Crippen LogP contribution in [0.15, 0.2) is 77.3 Å². The molecule has 1 aromatic heterocycles. The van der Waals surface area contributed by atoms with Gasteiger partial charge in [0.15, 0.2) is 0 Å². The zero-order valence-electron chi connectivity index (χ0n) is 10.3. The van der Waals surface area contributed by atoms with Crippen molar-refractivity contribution < 1.29 is 0 Å². The molecule has 0 radical (unpaired) electrons. The summed E-state index contributed by atoms with van der Waals surface area (Å²) in [7, 11) is 0. The third-order valence-corrected chi connectivity index (χ3v) is 3.49. The maximum atomic E-state index is 4.73.